The van der Waals surface area contributed by atoms with Crippen molar-refractivity contribution in [3.05, 3.63) is 151 Å². The summed E-state index contributed by atoms with van der Waals surface area (Å²) in [6.45, 7) is 0. The van der Waals surface area contributed by atoms with Crippen LogP contribution in [0.3, 0.4) is 0 Å². The van der Waals surface area contributed by atoms with E-state index in [0.29, 0.717) is 5.56 Å². The Morgan fingerprint density at radius 3 is 1.50 bits per heavy atom. The van der Waals surface area contributed by atoms with Gasteiger partial charge in [-0.05, 0) is 112 Å². The maximum absolute atomic E-state index is 13.1. The van der Waals surface area contributed by atoms with Crippen LogP contribution in [-0.2, 0) is 0 Å². The molecule has 9 aromatic carbocycles. The molecule has 0 saturated heterocycles. The number of carbonyl (C=O) groups excluding carboxylic acids is 1. The summed E-state index contributed by atoms with van der Waals surface area (Å²) in [5, 5.41) is 15.3. The van der Waals surface area contributed by atoms with Gasteiger partial charge in [-0.2, -0.15) is 0 Å². The first-order valence-electron chi connectivity index (χ1n) is 15.0. The van der Waals surface area contributed by atoms with E-state index in [1.54, 1.807) is 4.90 Å². The van der Waals surface area contributed by atoms with Crippen molar-refractivity contribution in [1.82, 2.24) is 0 Å². The number of hydrogen-bond donors (Lipinski definition) is 0. The predicted octanol–water partition coefficient (Wildman–Crippen LogP) is 11.0. The lowest BCUT2D eigenvalue weighted by Gasteiger charge is -2.19. The molecule has 44 heavy (non-hydrogen) atoms. The Morgan fingerprint density at radius 2 is 0.932 bits per heavy atom. The normalized spacial score (nSPS) is 11.8. The Kier molecular flexibility index (Phi) is 5.30. The molecule has 0 fully saturated rings. The van der Waals surface area contributed by atoms with E-state index in [-0.39, 0.29) is 5.91 Å². The molecule has 0 saturated carbocycles. The van der Waals surface area contributed by atoms with Gasteiger partial charge in [0.05, 0.1) is 0 Å². The molecule has 0 spiro atoms. The molecule has 0 radical (unpaired) electrons. The molecule has 0 aliphatic carbocycles. The maximum atomic E-state index is 13.1. The predicted molar refractivity (Wildman–Crippen MR) is 187 cm³/mol. The summed E-state index contributed by atoms with van der Waals surface area (Å²) >= 11 is 0. The lowest BCUT2D eigenvalue weighted by atomic mass is 9.86. The third-order valence-electron chi connectivity index (χ3n) is 9.34. The van der Waals surface area contributed by atoms with Crippen molar-refractivity contribution < 1.29 is 4.79 Å². The summed E-state index contributed by atoms with van der Waals surface area (Å²) in [5.74, 6) is -0.0222. The molecule has 2 nitrogen and oxygen atoms in total. The summed E-state index contributed by atoms with van der Waals surface area (Å²) in [5.41, 5.74) is 3.82. The first kappa shape index (κ1) is 24.8. The van der Waals surface area contributed by atoms with E-state index in [9.17, 15) is 4.79 Å². The minimum Gasteiger partial charge on any atom is -0.311 e. The standard InChI is InChI=1S/C42H27NO/c1-43(42(44)30-8-3-2-4-9-30)33-22-20-26(21-23-33)32-24-31-19-18-29-11-6-14-35-34-13-5-10-27-16-17-28-12-7-15-36(40(28)38(27)34)37(25-32)41(31)39(29)35/h2-25H,1H3. The minimum absolute atomic E-state index is 0.0222. The highest BCUT2D eigenvalue weighted by molar-refractivity contribution is 6.37. The fraction of sp³-hybridized carbons (Fsp3) is 0.0238. The topological polar surface area (TPSA) is 20.3 Å². The molecule has 9 aromatic rings. The molecule has 0 aliphatic heterocycles. The van der Waals surface area contributed by atoms with Gasteiger partial charge in [-0.25, -0.2) is 0 Å². The number of nitrogens with zero attached hydrogens (tertiary/aromatic N) is 1. The molecule has 0 bridgehead atoms. The number of amides is 1. The lowest BCUT2D eigenvalue weighted by Crippen LogP contribution is -2.25. The van der Waals surface area contributed by atoms with Crippen LogP contribution in [0.1, 0.15) is 10.4 Å². The fourth-order valence-corrected chi connectivity index (χ4v) is 7.22. The number of fused-ring (bicyclic) bond motifs is 2. The SMILES string of the molecule is CN(C(=O)c1ccccc1)c1ccc(-c2cc3ccc4cccc5c6cccc7ccc8cccc(c(c2)c3c45)c8c76)cc1. The monoisotopic (exact) mass is 561 g/mol. The zero-order chi connectivity index (χ0) is 29.4. The Balaban J connectivity index is 1.33. The van der Waals surface area contributed by atoms with Gasteiger partial charge in [0.15, 0.2) is 0 Å². The Morgan fingerprint density at radius 1 is 0.432 bits per heavy atom. The van der Waals surface area contributed by atoms with Gasteiger partial charge >= 0.3 is 0 Å². The van der Waals surface area contributed by atoms with E-state index in [1.807, 2.05) is 49.5 Å². The third-order valence-corrected chi connectivity index (χ3v) is 9.34. The number of benzene rings is 8. The van der Waals surface area contributed by atoms with Gasteiger partial charge in [0, 0.05) is 18.3 Å². The van der Waals surface area contributed by atoms with Crippen molar-refractivity contribution in [3.8, 4) is 11.1 Å². The van der Waals surface area contributed by atoms with Gasteiger partial charge in [-0.1, -0.05) is 109 Å². The van der Waals surface area contributed by atoms with Crippen LogP contribution in [0.25, 0.3) is 75.8 Å². The number of rotatable bonds is 3. The van der Waals surface area contributed by atoms with Gasteiger partial charge in [0.2, 0.25) is 0 Å². The van der Waals surface area contributed by atoms with Crippen LogP contribution < -0.4 is 4.90 Å². The fourth-order valence-electron chi connectivity index (χ4n) is 7.22. The average Bonchev–Trinajstić information content (AvgIpc) is 3.09. The van der Waals surface area contributed by atoms with Crippen LogP contribution in [0.2, 0.25) is 0 Å². The molecule has 1 amide bonds. The van der Waals surface area contributed by atoms with Crippen molar-refractivity contribution in [3.63, 3.8) is 0 Å². The van der Waals surface area contributed by atoms with E-state index < -0.39 is 0 Å². The average molecular weight is 562 g/mol. The first-order valence-corrected chi connectivity index (χ1v) is 15.0. The molecular weight excluding hydrogens is 534 g/mol. The van der Waals surface area contributed by atoms with Crippen LogP contribution >= 0.6 is 0 Å². The Hall–Kier alpha value is -5.73. The Bertz CT molecular complexity index is 2560. The van der Waals surface area contributed by atoms with Gasteiger partial charge in [0.1, 0.15) is 0 Å². The molecule has 0 N–H and O–H groups in total. The van der Waals surface area contributed by atoms with E-state index >= 15 is 0 Å². The van der Waals surface area contributed by atoms with Crippen LogP contribution in [-0.4, -0.2) is 13.0 Å². The second-order valence-corrected chi connectivity index (χ2v) is 11.7. The molecule has 9 rings (SSSR count). The largest absolute Gasteiger partial charge is 0.311 e. The summed E-state index contributed by atoms with van der Waals surface area (Å²) in [7, 11) is 1.83. The van der Waals surface area contributed by atoms with Crippen molar-refractivity contribution in [1.29, 1.82) is 0 Å². The summed E-state index contributed by atoms with van der Waals surface area (Å²) in [6.07, 6.45) is 0. The minimum atomic E-state index is -0.0222. The van der Waals surface area contributed by atoms with Crippen molar-refractivity contribution >= 4 is 76.2 Å². The van der Waals surface area contributed by atoms with Crippen LogP contribution in [0.4, 0.5) is 5.69 Å². The van der Waals surface area contributed by atoms with E-state index in [1.165, 1.54) is 64.6 Å². The molecule has 0 heterocycles. The van der Waals surface area contributed by atoms with Crippen LogP contribution in [0.15, 0.2) is 146 Å². The summed E-state index contributed by atoms with van der Waals surface area (Å²) in [6, 6.07) is 51.6. The molecule has 2 heteroatoms. The maximum Gasteiger partial charge on any atom is 0.258 e. The molecule has 0 aromatic heterocycles. The second-order valence-electron chi connectivity index (χ2n) is 11.7. The smallest absolute Gasteiger partial charge is 0.258 e. The highest BCUT2D eigenvalue weighted by Crippen LogP contribution is 2.44. The van der Waals surface area contributed by atoms with Gasteiger partial charge < -0.3 is 4.90 Å². The zero-order valence-electron chi connectivity index (χ0n) is 24.2. The van der Waals surface area contributed by atoms with E-state index in [2.05, 4.69) is 103 Å². The van der Waals surface area contributed by atoms with Gasteiger partial charge in [0.25, 0.3) is 5.91 Å². The van der Waals surface area contributed by atoms with Gasteiger partial charge in [-0.3, -0.25) is 4.79 Å². The van der Waals surface area contributed by atoms with Crippen LogP contribution in [0.5, 0.6) is 0 Å². The summed E-state index contributed by atoms with van der Waals surface area (Å²) < 4.78 is 0. The van der Waals surface area contributed by atoms with E-state index in [4.69, 9.17) is 0 Å². The highest BCUT2D eigenvalue weighted by atomic mass is 16.2. The van der Waals surface area contributed by atoms with Gasteiger partial charge in [-0.15, -0.1) is 0 Å². The summed E-state index contributed by atoms with van der Waals surface area (Å²) in [4.78, 5) is 14.8. The lowest BCUT2D eigenvalue weighted by molar-refractivity contribution is 0.0993. The second kappa shape index (κ2) is 9.39. The third kappa shape index (κ3) is 3.58. The Labute approximate surface area is 254 Å². The molecular formula is C42H27NO. The van der Waals surface area contributed by atoms with E-state index in [0.717, 1.165) is 16.8 Å². The molecule has 0 unspecified atom stereocenters. The zero-order valence-corrected chi connectivity index (χ0v) is 24.2. The number of hydrogen-bond acceptors (Lipinski definition) is 1. The van der Waals surface area contributed by atoms with Crippen LogP contribution in [0, 0.1) is 0 Å². The number of carbonyl (C=O) groups is 1. The number of anilines is 1. The van der Waals surface area contributed by atoms with Crippen molar-refractivity contribution in [2.75, 3.05) is 11.9 Å². The molecule has 206 valence electrons. The molecule has 0 atom stereocenters. The first-order chi connectivity index (χ1) is 21.7. The quantitative estimate of drug-likeness (QED) is 0.197. The highest BCUT2D eigenvalue weighted by Gasteiger charge is 2.17. The van der Waals surface area contributed by atoms with Crippen molar-refractivity contribution in [2.24, 2.45) is 0 Å². The molecule has 0 aliphatic rings. The van der Waals surface area contributed by atoms with Crippen molar-refractivity contribution in [2.45, 2.75) is 0 Å².